The third-order valence-corrected chi connectivity index (χ3v) is 1.89. The first-order chi connectivity index (χ1) is 5.69. The van der Waals surface area contributed by atoms with E-state index in [0.29, 0.717) is 0 Å². The van der Waals surface area contributed by atoms with Gasteiger partial charge in [0.2, 0.25) is 0 Å². The molecule has 8 heteroatoms. The second-order valence-electron chi connectivity index (χ2n) is 2.77. The van der Waals surface area contributed by atoms with Gasteiger partial charge in [-0.15, -0.1) is 0 Å². The molecule has 0 saturated carbocycles. The van der Waals surface area contributed by atoms with E-state index in [0.717, 1.165) is 6.92 Å². The van der Waals surface area contributed by atoms with E-state index in [9.17, 15) is 14.4 Å². The number of phosphoric ester groups is 1. The molecule has 80 valence electrons. The fourth-order valence-corrected chi connectivity index (χ4v) is 0.771. The summed E-state index contributed by atoms with van der Waals surface area (Å²) in [6.07, 6.45) is -1.64. The first kappa shape index (κ1) is 13.0. The fourth-order valence-electron chi connectivity index (χ4n) is 0.447. The lowest BCUT2D eigenvalue weighted by Crippen LogP contribution is -2.45. The Balaban J connectivity index is 4.02. The van der Waals surface area contributed by atoms with Crippen LogP contribution in [0, 0.1) is 0 Å². The Morgan fingerprint density at radius 3 is 2.38 bits per heavy atom. The molecule has 0 rings (SSSR count). The fraction of sp³-hybridized carbons (Fsp3) is 1.00. The van der Waals surface area contributed by atoms with Gasteiger partial charge in [0.05, 0.1) is 21.0 Å². The first-order valence-corrected chi connectivity index (χ1v) is 4.83. The van der Waals surface area contributed by atoms with Crippen molar-refractivity contribution in [3.05, 3.63) is 0 Å². The van der Waals surface area contributed by atoms with Gasteiger partial charge in [0, 0.05) is 0 Å². The van der Waals surface area contributed by atoms with Crippen LogP contribution < -0.4 is 9.79 Å². The van der Waals surface area contributed by atoms with Gasteiger partial charge in [0.1, 0.15) is 11.7 Å². The standard InChI is InChI=1S/C5H13O7P/c1-5(8,3-6)4(7)2-12-13(9,10)11/h4,6-8H,2-3H2,1H3,(H2,9,10,11)/p-2/t4-,5+/m0/s1. The molecule has 7 nitrogen and oxygen atoms in total. The smallest absolute Gasteiger partial charge is 0.113 e. The zero-order valence-corrected chi connectivity index (χ0v) is 7.81. The summed E-state index contributed by atoms with van der Waals surface area (Å²) in [7, 11) is -5.15. The molecule has 0 spiro atoms. The molecular formula is C5H11O7P-2. The molecule has 0 radical (unpaired) electrons. The molecule has 0 heterocycles. The highest BCUT2D eigenvalue weighted by Crippen LogP contribution is 2.25. The highest BCUT2D eigenvalue weighted by atomic mass is 31.2. The number of hydrogen-bond donors (Lipinski definition) is 3. The van der Waals surface area contributed by atoms with Crippen LogP contribution in [0.2, 0.25) is 0 Å². The van der Waals surface area contributed by atoms with Crippen LogP contribution in [0.15, 0.2) is 0 Å². The Labute approximate surface area is 74.8 Å². The molecule has 0 aliphatic rings. The largest absolute Gasteiger partial charge is 0.790 e. The quantitative estimate of drug-likeness (QED) is 0.413. The average Bonchev–Trinajstić information content (AvgIpc) is 1.98. The van der Waals surface area contributed by atoms with E-state index in [2.05, 4.69) is 4.52 Å². The Morgan fingerprint density at radius 1 is 1.62 bits per heavy atom. The van der Waals surface area contributed by atoms with Gasteiger partial charge in [-0.3, -0.25) is 0 Å². The second kappa shape index (κ2) is 4.47. The van der Waals surface area contributed by atoms with Crippen molar-refractivity contribution in [1.82, 2.24) is 0 Å². The monoisotopic (exact) mass is 214 g/mol. The summed E-state index contributed by atoms with van der Waals surface area (Å²) < 4.78 is 13.6. The number of phosphoric acid groups is 1. The Kier molecular flexibility index (Phi) is 4.47. The van der Waals surface area contributed by atoms with Crippen LogP contribution in [0.25, 0.3) is 0 Å². The van der Waals surface area contributed by atoms with Gasteiger partial charge in [0.25, 0.3) is 0 Å². The van der Waals surface area contributed by atoms with Crippen LogP contribution in [-0.4, -0.2) is 40.2 Å². The van der Waals surface area contributed by atoms with E-state index in [4.69, 9.17) is 15.3 Å². The highest BCUT2D eigenvalue weighted by Gasteiger charge is 2.29. The van der Waals surface area contributed by atoms with Crippen LogP contribution in [0.5, 0.6) is 0 Å². The zero-order chi connectivity index (χ0) is 10.7. The van der Waals surface area contributed by atoms with Crippen LogP contribution in [0.1, 0.15) is 6.92 Å². The van der Waals surface area contributed by atoms with Crippen LogP contribution >= 0.6 is 7.82 Å². The molecular weight excluding hydrogens is 203 g/mol. The summed E-state index contributed by atoms with van der Waals surface area (Å²) in [4.78, 5) is 19.9. The van der Waals surface area contributed by atoms with Gasteiger partial charge >= 0.3 is 0 Å². The van der Waals surface area contributed by atoms with Gasteiger partial charge in [-0.2, -0.15) is 0 Å². The van der Waals surface area contributed by atoms with Crippen molar-refractivity contribution in [3.8, 4) is 0 Å². The number of rotatable bonds is 5. The van der Waals surface area contributed by atoms with Crippen LogP contribution in [-0.2, 0) is 9.09 Å². The van der Waals surface area contributed by atoms with Crippen LogP contribution in [0.4, 0.5) is 0 Å². The molecule has 0 aliphatic heterocycles. The van der Waals surface area contributed by atoms with Crippen molar-refractivity contribution in [3.63, 3.8) is 0 Å². The lowest BCUT2D eigenvalue weighted by molar-refractivity contribution is -0.343. The maximum Gasteiger partial charge on any atom is 0.113 e. The summed E-state index contributed by atoms with van der Waals surface area (Å²) in [5.41, 5.74) is -1.89. The summed E-state index contributed by atoms with van der Waals surface area (Å²) in [5, 5.41) is 26.6. The van der Waals surface area contributed by atoms with E-state index >= 15 is 0 Å². The molecule has 2 atom stereocenters. The van der Waals surface area contributed by atoms with E-state index in [1.54, 1.807) is 0 Å². The molecule has 0 bridgehead atoms. The minimum atomic E-state index is -5.15. The molecule has 0 fully saturated rings. The van der Waals surface area contributed by atoms with E-state index in [-0.39, 0.29) is 0 Å². The molecule has 3 N–H and O–H groups in total. The number of aliphatic hydroxyl groups is 3. The lowest BCUT2D eigenvalue weighted by Gasteiger charge is -2.33. The van der Waals surface area contributed by atoms with E-state index in [1.165, 1.54) is 0 Å². The van der Waals surface area contributed by atoms with Gasteiger partial charge in [0.15, 0.2) is 0 Å². The molecule has 0 aromatic carbocycles. The average molecular weight is 214 g/mol. The zero-order valence-electron chi connectivity index (χ0n) is 6.91. The normalized spacial score (nSPS) is 19.5. The van der Waals surface area contributed by atoms with Crippen molar-refractivity contribution < 1.29 is 34.2 Å². The van der Waals surface area contributed by atoms with E-state index < -0.39 is 32.7 Å². The third-order valence-electron chi connectivity index (χ3n) is 1.43. The number of hydrogen-bond acceptors (Lipinski definition) is 7. The maximum absolute atomic E-state index is 9.95. The van der Waals surface area contributed by atoms with Gasteiger partial charge in [-0.25, -0.2) is 0 Å². The van der Waals surface area contributed by atoms with Gasteiger partial charge < -0.3 is 34.2 Å². The minimum absolute atomic E-state index is 0.778. The van der Waals surface area contributed by atoms with Crippen molar-refractivity contribution in [2.45, 2.75) is 18.6 Å². The second-order valence-corrected chi connectivity index (χ2v) is 3.93. The van der Waals surface area contributed by atoms with Gasteiger partial charge in [-0.05, 0) is 6.92 Å². The molecule has 0 aliphatic carbocycles. The molecule has 0 unspecified atom stereocenters. The Morgan fingerprint density at radius 2 is 2.08 bits per heavy atom. The first-order valence-electron chi connectivity index (χ1n) is 3.37. The maximum atomic E-state index is 9.95. The van der Waals surface area contributed by atoms with Gasteiger partial charge in [-0.1, -0.05) is 0 Å². The molecule has 0 aromatic heterocycles. The van der Waals surface area contributed by atoms with Crippen molar-refractivity contribution in [2.75, 3.05) is 13.2 Å². The minimum Gasteiger partial charge on any atom is -0.790 e. The summed E-state index contributed by atoms with van der Waals surface area (Å²) in [6.45, 7) is -0.584. The summed E-state index contributed by atoms with van der Waals surface area (Å²) in [6, 6.07) is 0. The number of aliphatic hydroxyl groups excluding tert-OH is 2. The third kappa shape index (κ3) is 5.33. The topological polar surface area (TPSA) is 133 Å². The van der Waals surface area contributed by atoms with Crippen LogP contribution in [0.3, 0.4) is 0 Å². The molecule has 0 saturated heterocycles. The SMILES string of the molecule is C[C@@](O)(CO)[C@@H](O)COP(=O)([O-])[O-]. The molecule has 13 heavy (non-hydrogen) atoms. The van der Waals surface area contributed by atoms with Crippen molar-refractivity contribution >= 4 is 7.82 Å². The Bertz CT molecular complexity index is 197. The molecule has 0 amide bonds. The predicted molar refractivity (Wildman–Crippen MR) is 37.3 cm³/mol. The molecule has 0 aromatic rings. The highest BCUT2D eigenvalue weighted by molar-refractivity contribution is 7.43. The van der Waals surface area contributed by atoms with Crippen molar-refractivity contribution in [1.29, 1.82) is 0 Å². The predicted octanol–water partition coefficient (Wildman–Crippen LogP) is -3.06. The Hall–Kier alpha value is -0.0100. The van der Waals surface area contributed by atoms with E-state index in [1.807, 2.05) is 0 Å². The van der Waals surface area contributed by atoms with Crippen molar-refractivity contribution in [2.24, 2.45) is 0 Å². The lowest BCUT2D eigenvalue weighted by atomic mass is 10.0. The summed E-state index contributed by atoms with van der Waals surface area (Å²) >= 11 is 0. The summed E-state index contributed by atoms with van der Waals surface area (Å²) in [5.74, 6) is 0.